The number of aromatic amines is 1. The summed E-state index contributed by atoms with van der Waals surface area (Å²) in [6.07, 6.45) is 3.95. The van der Waals surface area contributed by atoms with E-state index >= 15 is 0 Å². The number of carbonyl (C=O) groups is 2. The molecule has 2 amide bonds. The van der Waals surface area contributed by atoms with Crippen molar-refractivity contribution in [2.45, 2.75) is 39.7 Å². The van der Waals surface area contributed by atoms with Gasteiger partial charge in [-0.15, -0.1) is 0 Å². The van der Waals surface area contributed by atoms with Crippen molar-refractivity contribution in [1.82, 2.24) is 15.2 Å². The molecule has 3 heterocycles. The van der Waals surface area contributed by atoms with Crippen LogP contribution in [0.15, 0.2) is 18.2 Å². The van der Waals surface area contributed by atoms with Gasteiger partial charge in [0.2, 0.25) is 0 Å². The van der Waals surface area contributed by atoms with Crippen LogP contribution in [0.4, 0.5) is 10.1 Å². The summed E-state index contributed by atoms with van der Waals surface area (Å²) in [5.41, 5.74) is 4.28. The lowest BCUT2D eigenvalue weighted by atomic mass is 10.0. The number of carbonyl (C=O) groups excluding carboxylic acids is 2. The van der Waals surface area contributed by atoms with E-state index in [4.69, 9.17) is 0 Å². The van der Waals surface area contributed by atoms with Gasteiger partial charge in [-0.1, -0.05) is 6.92 Å². The molecule has 0 saturated carbocycles. The van der Waals surface area contributed by atoms with Crippen molar-refractivity contribution in [2.24, 2.45) is 0 Å². The Morgan fingerprint density at radius 2 is 2.17 bits per heavy atom. The second-order valence-corrected chi connectivity index (χ2v) is 8.00. The molecular weight excluding hydrogens is 383 g/mol. The van der Waals surface area contributed by atoms with Crippen molar-refractivity contribution in [2.75, 3.05) is 25.0 Å². The molecule has 0 bridgehead atoms. The van der Waals surface area contributed by atoms with E-state index in [1.165, 1.54) is 18.6 Å². The normalized spacial score (nSPS) is 19.9. The molecule has 0 spiro atoms. The number of rotatable bonds is 5. The molecule has 7 heteroatoms. The number of benzene rings is 1. The minimum atomic E-state index is -0.399. The second kappa shape index (κ2) is 8.07. The highest BCUT2D eigenvalue weighted by Gasteiger charge is 2.27. The fourth-order valence-electron chi connectivity index (χ4n) is 4.55. The zero-order valence-corrected chi connectivity index (χ0v) is 17.6. The van der Waals surface area contributed by atoms with Crippen LogP contribution in [0.3, 0.4) is 0 Å². The zero-order valence-electron chi connectivity index (χ0n) is 17.6. The van der Waals surface area contributed by atoms with E-state index in [1.54, 1.807) is 12.1 Å². The van der Waals surface area contributed by atoms with E-state index in [0.717, 1.165) is 30.8 Å². The largest absolute Gasteiger partial charge is 0.358 e. The number of hydrogen-bond donors (Lipinski definition) is 3. The van der Waals surface area contributed by atoms with Crippen LogP contribution in [-0.2, 0) is 4.79 Å². The van der Waals surface area contributed by atoms with Gasteiger partial charge in [0.15, 0.2) is 0 Å². The third-order valence-electron chi connectivity index (χ3n) is 6.16. The molecule has 0 radical (unpaired) electrons. The average Bonchev–Trinajstić information content (AvgIpc) is 3.37. The Bertz CT molecular complexity index is 1040. The van der Waals surface area contributed by atoms with Gasteiger partial charge < -0.3 is 15.6 Å². The third-order valence-corrected chi connectivity index (χ3v) is 6.16. The Balaban J connectivity index is 1.57. The Hall–Kier alpha value is -2.93. The summed E-state index contributed by atoms with van der Waals surface area (Å²) in [5, 5.41) is 5.82. The molecule has 158 valence electrons. The first-order valence-electron chi connectivity index (χ1n) is 10.4. The Kier molecular flexibility index (Phi) is 5.47. The van der Waals surface area contributed by atoms with Crippen LogP contribution in [0.1, 0.15) is 52.6 Å². The fourth-order valence-corrected chi connectivity index (χ4v) is 4.55. The number of likely N-dealkylation sites (N-methyl/N-ethyl adjacent to an activating group) is 1. The van der Waals surface area contributed by atoms with E-state index in [0.29, 0.717) is 40.7 Å². The maximum absolute atomic E-state index is 13.7. The number of fused-ring (bicyclic) bond motifs is 1. The van der Waals surface area contributed by atoms with Gasteiger partial charge in [0, 0.05) is 35.2 Å². The molecule has 1 aromatic carbocycles. The highest BCUT2D eigenvalue weighted by molar-refractivity contribution is 6.34. The molecule has 2 aromatic rings. The number of H-pyrrole nitrogens is 1. The van der Waals surface area contributed by atoms with Crippen molar-refractivity contribution in [3.8, 4) is 0 Å². The number of nitrogens with zero attached hydrogens (tertiary/aromatic N) is 1. The summed E-state index contributed by atoms with van der Waals surface area (Å²) in [6.45, 7) is 8.55. The number of amides is 2. The van der Waals surface area contributed by atoms with Crippen molar-refractivity contribution in [3.63, 3.8) is 0 Å². The minimum absolute atomic E-state index is 0.115. The first kappa shape index (κ1) is 20.3. The quantitative estimate of drug-likeness (QED) is 0.661. The van der Waals surface area contributed by atoms with Crippen LogP contribution in [0.2, 0.25) is 0 Å². The van der Waals surface area contributed by atoms with E-state index in [1.807, 2.05) is 13.8 Å². The smallest absolute Gasteiger partial charge is 0.256 e. The number of aromatic nitrogens is 1. The summed E-state index contributed by atoms with van der Waals surface area (Å²) < 4.78 is 13.7. The van der Waals surface area contributed by atoms with Gasteiger partial charge >= 0.3 is 0 Å². The molecule has 3 N–H and O–H groups in total. The number of aryl methyl sites for hydroxylation is 1. The predicted molar refractivity (Wildman–Crippen MR) is 116 cm³/mol. The molecule has 2 aliphatic heterocycles. The van der Waals surface area contributed by atoms with E-state index in [2.05, 4.69) is 27.4 Å². The van der Waals surface area contributed by atoms with Crippen LogP contribution in [0.5, 0.6) is 0 Å². The van der Waals surface area contributed by atoms with E-state index in [-0.39, 0.29) is 11.8 Å². The van der Waals surface area contributed by atoms with Gasteiger partial charge in [-0.2, -0.15) is 0 Å². The van der Waals surface area contributed by atoms with Gasteiger partial charge in [0.25, 0.3) is 11.8 Å². The Morgan fingerprint density at radius 1 is 1.37 bits per heavy atom. The lowest BCUT2D eigenvalue weighted by Gasteiger charge is -2.22. The van der Waals surface area contributed by atoms with Crippen LogP contribution < -0.4 is 10.6 Å². The first-order valence-corrected chi connectivity index (χ1v) is 10.4. The van der Waals surface area contributed by atoms with Gasteiger partial charge in [0.1, 0.15) is 5.82 Å². The van der Waals surface area contributed by atoms with Crippen molar-refractivity contribution >= 4 is 29.2 Å². The topological polar surface area (TPSA) is 77.2 Å². The maximum atomic E-state index is 13.7. The zero-order chi connectivity index (χ0) is 21.4. The summed E-state index contributed by atoms with van der Waals surface area (Å²) in [4.78, 5) is 30.9. The van der Waals surface area contributed by atoms with Crippen molar-refractivity contribution < 1.29 is 14.0 Å². The molecule has 1 saturated heterocycles. The van der Waals surface area contributed by atoms with Gasteiger partial charge in [0.05, 0.1) is 11.1 Å². The Morgan fingerprint density at radius 3 is 2.93 bits per heavy atom. The standard InChI is InChI=1S/C23H27FN4O2/c1-4-28-9-5-6-16(28)12-25-23(30)21-13(2)20(26-14(21)3)11-18-17-10-15(24)7-8-19(17)27-22(18)29/h7-8,10-11,16,26H,4-6,9,12H2,1-3H3,(H,25,30)(H,27,29). The highest BCUT2D eigenvalue weighted by atomic mass is 19.1. The third kappa shape index (κ3) is 3.65. The number of hydrogen-bond acceptors (Lipinski definition) is 3. The SMILES string of the molecule is CCN1CCCC1CNC(=O)c1c(C)[nH]c(C=C2C(=O)Nc3ccc(F)cc32)c1C. The lowest BCUT2D eigenvalue weighted by Crippen LogP contribution is -2.40. The molecule has 1 aromatic heterocycles. The number of halogens is 1. The van der Waals surface area contributed by atoms with Gasteiger partial charge in [-0.05, 0) is 69.6 Å². The molecule has 2 aliphatic rings. The van der Waals surface area contributed by atoms with Crippen LogP contribution in [0.25, 0.3) is 11.6 Å². The molecule has 0 aliphatic carbocycles. The van der Waals surface area contributed by atoms with E-state index < -0.39 is 5.82 Å². The maximum Gasteiger partial charge on any atom is 0.256 e. The average molecular weight is 410 g/mol. The molecule has 30 heavy (non-hydrogen) atoms. The van der Waals surface area contributed by atoms with E-state index in [9.17, 15) is 14.0 Å². The number of anilines is 1. The lowest BCUT2D eigenvalue weighted by molar-refractivity contribution is -0.110. The number of likely N-dealkylation sites (tertiary alicyclic amines) is 1. The molecule has 1 atom stereocenters. The minimum Gasteiger partial charge on any atom is -0.358 e. The predicted octanol–water partition coefficient (Wildman–Crippen LogP) is 3.48. The molecule has 1 fully saturated rings. The monoisotopic (exact) mass is 410 g/mol. The summed E-state index contributed by atoms with van der Waals surface area (Å²) in [7, 11) is 0. The van der Waals surface area contributed by atoms with Crippen LogP contribution in [-0.4, -0.2) is 47.4 Å². The highest BCUT2D eigenvalue weighted by Crippen LogP contribution is 2.34. The summed E-state index contributed by atoms with van der Waals surface area (Å²) in [5.74, 6) is -0.797. The Labute approximate surface area is 175 Å². The molecule has 1 unspecified atom stereocenters. The molecule has 4 rings (SSSR count). The second-order valence-electron chi connectivity index (χ2n) is 8.00. The van der Waals surface area contributed by atoms with Gasteiger partial charge in [-0.3, -0.25) is 14.5 Å². The van der Waals surface area contributed by atoms with Crippen LogP contribution in [0, 0.1) is 19.7 Å². The fraction of sp³-hybridized carbons (Fsp3) is 0.391. The summed E-state index contributed by atoms with van der Waals surface area (Å²) >= 11 is 0. The van der Waals surface area contributed by atoms with Crippen molar-refractivity contribution in [3.05, 3.63) is 52.1 Å². The van der Waals surface area contributed by atoms with Crippen molar-refractivity contribution in [1.29, 1.82) is 0 Å². The van der Waals surface area contributed by atoms with Gasteiger partial charge in [-0.25, -0.2) is 4.39 Å². The molecule has 6 nitrogen and oxygen atoms in total. The molecular formula is C23H27FN4O2. The number of nitrogens with one attached hydrogen (secondary N) is 3. The summed E-state index contributed by atoms with van der Waals surface area (Å²) in [6, 6.07) is 4.60. The first-order chi connectivity index (χ1) is 14.4. The van der Waals surface area contributed by atoms with Crippen LogP contribution >= 0.6 is 0 Å².